The van der Waals surface area contributed by atoms with E-state index in [1.54, 1.807) is 19.1 Å². The number of halogens is 1. The summed E-state index contributed by atoms with van der Waals surface area (Å²) in [6.07, 6.45) is 0. The Morgan fingerprint density at radius 3 is 2.25 bits per heavy atom. The van der Waals surface area contributed by atoms with Gasteiger partial charge in [-0.3, -0.25) is 4.72 Å². The molecule has 0 heterocycles. The summed E-state index contributed by atoms with van der Waals surface area (Å²) in [4.78, 5) is 0.156. The fourth-order valence-corrected chi connectivity index (χ4v) is 3.15. The van der Waals surface area contributed by atoms with Crippen molar-refractivity contribution in [2.24, 2.45) is 0 Å². The second-order valence-corrected chi connectivity index (χ2v) is 6.65. The van der Waals surface area contributed by atoms with E-state index < -0.39 is 10.0 Å². The first-order valence-corrected chi connectivity index (χ1v) is 7.81. The van der Waals surface area contributed by atoms with Gasteiger partial charge >= 0.3 is 0 Å². The maximum Gasteiger partial charge on any atom is 0.261 e. The first-order chi connectivity index (χ1) is 9.31. The molecule has 0 saturated carbocycles. The Hall–Kier alpha value is -1.72. The van der Waals surface area contributed by atoms with Crippen molar-refractivity contribution in [3.63, 3.8) is 0 Å². The van der Waals surface area contributed by atoms with Gasteiger partial charge in [0.15, 0.2) is 0 Å². The third-order valence-corrected chi connectivity index (χ3v) is 4.69. The highest BCUT2D eigenvalue weighted by molar-refractivity contribution is 7.92. The van der Waals surface area contributed by atoms with E-state index >= 15 is 0 Å². The fraction of sp³-hybridized carbons (Fsp3) is 0.143. The maximum atomic E-state index is 12.3. The van der Waals surface area contributed by atoms with Gasteiger partial charge in [-0.25, -0.2) is 8.42 Å². The van der Waals surface area contributed by atoms with Gasteiger partial charge in [-0.15, -0.1) is 0 Å². The van der Waals surface area contributed by atoms with Gasteiger partial charge in [0.2, 0.25) is 0 Å². The zero-order valence-corrected chi connectivity index (χ0v) is 12.7. The van der Waals surface area contributed by atoms with E-state index in [4.69, 9.17) is 17.3 Å². The molecule has 0 aromatic heterocycles. The number of rotatable bonds is 3. The molecule has 0 unspecified atom stereocenters. The number of nitrogens with one attached hydrogen (secondary N) is 1. The van der Waals surface area contributed by atoms with Crippen molar-refractivity contribution < 1.29 is 8.42 Å². The number of nitrogen functional groups attached to an aromatic ring is 1. The van der Waals surface area contributed by atoms with Crippen LogP contribution in [0.15, 0.2) is 41.3 Å². The summed E-state index contributed by atoms with van der Waals surface area (Å²) >= 11 is 5.76. The van der Waals surface area contributed by atoms with E-state index in [0.29, 0.717) is 22.0 Å². The average molecular weight is 311 g/mol. The lowest BCUT2D eigenvalue weighted by Gasteiger charge is -2.14. The molecule has 106 valence electrons. The molecule has 0 radical (unpaired) electrons. The number of hydrogen-bond acceptors (Lipinski definition) is 3. The summed E-state index contributed by atoms with van der Waals surface area (Å²) in [5.74, 6) is 0. The molecule has 2 aromatic carbocycles. The van der Waals surface area contributed by atoms with E-state index in [1.165, 1.54) is 24.3 Å². The summed E-state index contributed by atoms with van der Waals surface area (Å²) < 4.78 is 27.2. The Kier molecular flexibility index (Phi) is 3.92. The minimum Gasteiger partial charge on any atom is -0.398 e. The van der Waals surface area contributed by atoms with Crippen LogP contribution in [0.4, 0.5) is 11.4 Å². The minimum atomic E-state index is -3.66. The first-order valence-electron chi connectivity index (χ1n) is 5.95. The monoisotopic (exact) mass is 310 g/mol. The van der Waals surface area contributed by atoms with Crippen molar-refractivity contribution in [1.29, 1.82) is 0 Å². The van der Waals surface area contributed by atoms with Gasteiger partial charge in [-0.05, 0) is 55.3 Å². The van der Waals surface area contributed by atoms with Crippen LogP contribution in [-0.2, 0) is 10.0 Å². The van der Waals surface area contributed by atoms with E-state index in [0.717, 1.165) is 5.56 Å². The number of anilines is 2. The molecule has 0 atom stereocenters. The number of benzene rings is 2. The topological polar surface area (TPSA) is 72.2 Å². The zero-order valence-electron chi connectivity index (χ0n) is 11.1. The van der Waals surface area contributed by atoms with E-state index in [-0.39, 0.29) is 4.90 Å². The van der Waals surface area contributed by atoms with Gasteiger partial charge in [-0.1, -0.05) is 17.7 Å². The van der Waals surface area contributed by atoms with Crippen LogP contribution >= 0.6 is 11.6 Å². The highest BCUT2D eigenvalue weighted by Crippen LogP contribution is 2.27. The molecule has 0 aliphatic rings. The molecular formula is C14H15ClN2O2S. The smallest absolute Gasteiger partial charge is 0.261 e. The van der Waals surface area contributed by atoms with Crippen LogP contribution in [0.3, 0.4) is 0 Å². The van der Waals surface area contributed by atoms with Crippen LogP contribution in [0.2, 0.25) is 5.02 Å². The Bertz CT molecular complexity index is 741. The van der Waals surface area contributed by atoms with Crippen LogP contribution in [0.1, 0.15) is 11.1 Å². The summed E-state index contributed by atoms with van der Waals surface area (Å²) in [5, 5.41) is 0.486. The normalized spacial score (nSPS) is 11.3. The largest absolute Gasteiger partial charge is 0.398 e. The Balaban J connectivity index is 2.43. The van der Waals surface area contributed by atoms with Crippen molar-refractivity contribution in [2.45, 2.75) is 18.7 Å². The number of nitrogens with two attached hydrogens (primary N) is 1. The van der Waals surface area contributed by atoms with Crippen LogP contribution < -0.4 is 10.5 Å². The second kappa shape index (κ2) is 5.34. The van der Waals surface area contributed by atoms with Crippen molar-refractivity contribution in [3.8, 4) is 0 Å². The summed E-state index contributed by atoms with van der Waals surface area (Å²) in [5.41, 5.74) is 8.40. The molecule has 0 aliphatic carbocycles. The highest BCUT2D eigenvalue weighted by Gasteiger charge is 2.17. The van der Waals surface area contributed by atoms with Gasteiger partial charge < -0.3 is 5.73 Å². The molecule has 2 rings (SSSR count). The molecule has 3 N–H and O–H groups in total. The molecule has 20 heavy (non-hydrogen) atoms. The Labute approximate surface area is 123 Å². The lowest BCUT2D eigenvalue weighted by atomic mass is 10.1. The summed E-state index contributed by atoms with van der Waals surface area (Å²) in [7, 11) is -3.66. The number of hydrogen-bond donors (Lipinski definition) is 2. The molecule has 0 amide bonds. The summed E-state index contributed by atoms with van der Waals surface area (Å²) in [6, 6.07) is 9.53. The van der Waals surface area contributed by atoms with Crippen molar-refractivity contribution in [2.75, 3.05) is 10.5 Å². The SMILES string of the molecule is Cc1ccc(N)c(C)c1NS(=O)(=O)c1ccc(Cl)cc1. The second-order valence-electron chi connectivity index (χ2n) is 4.53. The highest BCUT2D eigenvalue weighted by atomic mass is 35.5. The lowest BCUT2D eigenvalue weighted by molar-refractivity contribution is 0.601. The van der Waals surface area contributed by atoms with E-state index in [9.17, 15) is 8.42 Å². The summed E-state index contributed by atoms with van der Waals surface area (Å²) in [6.45, 7) is 3.61. The fourth-order valence-electron chi connectivity index (χ4n) is 1.83. The molecular weight excluding hydrogens is 296 g/mol. The standard InChI is InChI=1S/C14H15ClN2O2S/c1-9-3-8-13(16)10(2)14(9)17-20(18,19)12-6-4-11(15)5-7-12/h3-8,17H,16H2,1-2H3. The molecule has 6 heteroatoms. The van der Waals surface area contributed by atoms with E-state index in [1.807, 2.05) is 6.92 Å². The van der Waals surface area contributed by atoms with Gasteiger partial charge in [0.1, 0.15) is 0 Å². The predicted molar refractivity (Wildman–Crippen MR) is 82.6 cm³/mol. The molecule has 0 spiro atoms. The number of aryl methyl sites for hydroxylation is 1. The zero-order chi connectivity index (χ0) is 14.9. The van der Waals surface area contributed by atoms with Crippen LogP contribution in [-0.4, -0.2) is 8.42 Å². The van der Waals surface area contributed by atoms with Crippen LogP contribution in [0, 0.1) is 13.8 Å². The maximum absolute atomic E-state index is 12.3. The molecule has 4 nitrogen and oxygen atoms in total. The molecule has 0 fully saturated rings. The van der Waals surface area contributed by atoms with Gasteiger partial charge in [0.05, 0.1) is 10.6 Å². The average Bonchev–Trinajstić information content (AvgIpc) is 2.40. The van der Waals surface area contributed by atoms with Crippen molar-refractivity contribution in [1.82, 2.24) is 0 Å². The third-order valence-electron chi connectivity index (χ3n) is 3.08. The Morgan fingerprint density at radius 1 is 1.05 bits per heavy atom. The third kappa shape index (κ3) is 2.89. The van der Waals surface area contributed by atoms with Gasteiger partial charge in [-0.2, -0.15) is 0 Å². The quantitative estimate of drug-likeness (QED) is 0.854. The lowest BCUT2D eigenvalue weighted by Crippen LogP contribution is -2.15. The molecule has 2 aromatic rings. The molecule has 0 bridgehead atoms. The Morgan fingerprint density at radius 2 is 1.65 bits per heavy atom. The number of sulfonamides is 1. The van der Waals surface area contributed by atoms with Crippen LogP contribution in [0.5, 0.6) is 0 Å². The molecule has 0 saturated heterocycles. The predicted octanol–water partition coefficient (Wildman–Crippen LogP) is 3.34. The van der Waals surface area contributed by atoms with E-state index in [2.05, 4.69) is 4.72 Å². The van der Waals surface area contributed by atoms with Crippen molar-refractivity contribution >= 4 is 33.0 Å². The van der Waals surface area contributed by atoms with Gasteiger partial charge in [0, 0.05) is 10.7 Å². The van der Waals surface area contributed by atoms with Crippen molar-refractivity contribution in [3.05, 3.63) is 52.5 Å². The minimum absolute atomic E-state index is 0.156. The first kappa shape index (κ1) is 14.7. The van der Waals surface area contributed by atoms with Gasteiger partial charge in [0.25, 0.3) is 10.0 Å². The van der Waals surface area contributed by atoms with Crippen LogP contribution in [0.25, 0.3) is 0 Å². The molecule has 0 aliphatic heterocycles.